The van der Waals surface area contributed by atoms with Crippen molar-refractivity contribution < 1.29 is 45.1 Å². The van der Waals surface area contributed by atoms with Gasteiger partial charge in [-0.1, -0.05) is 6.08 Å². The minimum Gasteiger partial charge on any atom is -0.446 e. The van der Waals surface area contributed by atoms with Crippen LogP contribution in [-0.2, 0) is 10.9 Å². The third-order valence-corrected chi connectivity index (χ3v) is 8.30. The fourth-order valence-electron chi connectivity index (χ4n) is 5.56. The fraction of sp³-hybridized carbons (Fsp3) is 0.467. The summed E-state index contributed by atoms with van der Waals surface area (Å²) in [6.07, 6.45) is -5.95. The molecule has 7 nitrogen and oxygen atoms in total. The number of halogens is 7. The lowest BCUT2D eigenvalue weighted by atomic mass is 9.91. The van der Waals surface area contributed by atoms with Gasteiger partial charge >= 0.3 is 12.3 Å². The van der Waals surface area contributed by atoms with Crippen LogP contribution in [0.2, 0.25) is 0 Å². The highest BCUT2D eigenvalue weighted by Gasteiger charge is 2.48. The van der Waals surface area contributed by atoms with Gasteiger partial charge in [-0.2, -0.15) is 13.2 Å². The molecule has 0 bridgehead atoms. The Bertz CT molecular complexity index is 1470. The summed E-state index contributed by atoms with van der Waals surface area (Å²) in [5, 5.41) is 2.50. The second-order valence-corrected chi connectivity index (χ2v) is 11.5. The van der Waals surface area contributed by atoms with E-state index in [4.69, 9.17) is 4.74 Å². The van der Waals surface area contributed by atoms with Crippen LogP contribution >= 0.6 is 0 Å². The number of alkyl halides is 5. The summed E-state index contributed by atoms with van der Waals surface area (Å²) in [6, 6.07) is 4.37. The second kappa shape index (κ2) is 11.9. The van der Waals surface area contributed by atoms with E-state index < -0.39 is 65.8 Å². The molecule has 0 aromatic heterocycles. The van der Waals surface area contributed by atoms with Gasteiger partial charge in [0.05, 0.1) is 22.5 Å². The molecular weight excluding hydrogens is 597 g/mol. The maximum atomic E-state index is 15.7. The molecule has 1 aliphatic carbocycles. The predicted octanol–water partition coefficient (Wildman–Crippen LogP) is 6.40. The molecule has 1 atom stereocenters. The van der Waals surface area contributed by atoms with Crippen molar-refractivity contribution >= 4 is 28.9 Å². The van der Waals surface area contributed by atoms with E-state index in [9.17, 15) is 35.9 Å². The van der Waals surface area contributed by atoms with Crippen molar-refractivity contribution in [1.29, 1.82) is 0 Å². The van der Waals surface area contributed by atoms with E-state index >= 15 is 4.39 Å². The van der Waals surface area contributed by atoms with E-state index in [1.54, 1.807) is 6.08 Å². The van der Waals surface area contributed by atoms with Gasteiger partial charge in [0.15, 0.2) is 0 Å². The highest BCUT2D eigenvalue weighted by Crippen LogP contribution is 2.40. The lowest BCUT2D eigenvalue weighted by Gasteiger charge is -2.40. The molecule has 0 unspecified atom stereocenters. The molecule has 2 fully saturated rings. The third kappa shape index (κ3) is 6.79. The summed E-state index contributed by atoms with van der Waals surface area (Å²) in [7, 11) is 1.93. The second-order valence-electron chi connectivity index (χ2n) is 11.5. The van der Waals surface area contributed by atoms with E-state index in [0.717, 1.165) is 12.1 Å². The van der Waals surface area contributed by atoms with Crippen molar-refractivity contribution in [2.75, 3.05) is 50.0 Å². The first kappa shape index (κ1) is 31.6. The number of rotatable bonds is 5. The Morgan fingerprint density at radius 3 is 2.39 bits per heavy atom. The van der Waals surface area contributed by atoms with E-state index in [1.807, 2.05) is 18.9 Å². The molecular formula is C30H31F7N4O3. The average Bonchev–Trinajstić information content (AvgIpc) is 2.94. The maximum Gasteiger partial charge on any atom is 0.417 e. The van der Waals surface area contributed by atoms with Crippen LogP contribution in [0, 0.1) is 11.6 Å². The molecule has 14 heteroatoms. The largest absolute Gasteiger partial charge is 0.446 e. The van der Waals surface area contributed by atoms with Crippen LogP contribution < -0.4 is 10.2 Å². The van der Waals surface area contributed by atoms with E-state index in [0.29, 0.717) is 25.2 Å². The van der Waals surface area contributed by atoms with Crippen molar-refractivity contribution in [2.45, 2.75) is 50.4 Å². The summed E-state index contributed by atoms with van der Waals surface area (Å²) in [6.45, 7) is 3.61. The first-order valence-electron chi connectivity index (χ1n) is 14.1. The quantitative estimate of drug-likeness (QED) is 0.389. The Kier molecular flexibility index (Phi) is 8.58. The third-order valence-electron chi connectivity index (χ3n) is 8.30. The molecule has 3 aliphatic rings. The SMILES string of the molecule is C[C@@H]1CN(c2cc(F)c(C3=CCN(C(=O)OC4CC(F)(F)C4)CC3)cc2NC(=O)c2ccc(F)cc2C(F)(F)F)CCN1C. The first-order valence-corrected chi connectivity index (χ1v) is 14.1. The van der Waals surface area contributed by atoms with Crippen molar-refractivity contribution in [3.8, 4) is 0 Å². The molecule has 2 amide bonds. The highest BCUT2D eigenvalue weighted by molar-refractivity contribution is 6.07. The number of nitrogens with zero attached hydrogens (tertiary/aromatic N) is 3. The normalized spacial score (nSPS) is 21.0. The van der Waals surface area contributed by atoms with Gasteiger partial charge in [0.2, 0.25) is 0 Å². The summed E-state index contributed by atoms with van der Waals surface area (Å²) in [5.74, 6) is -5.78. The number of hydrogen-bond acceptors (Lipinski definition) is 5. The number of ether oxygens (including phenoxy) is 1. The van der Waals surface area contributed by atoms with Gasteiger partial charge in [-0.3, -0.25) is 4.79 Å². The van der Waals surface area contributed by atoms with Crippen molar-refractivity contribution in [2.24, 2.45) is 0 Å². The van der Waals surface area contributed by atoms with E-state index in [-0.39, 0.29) is 48.6 Å². The summed E-state index contributed by atoms with van der Waals surface area (Å²) < 4.78 is 102. The first-order chi connectivity index (χ1) is 20.6. The van der Waals surface area contributed by atoms with Gasteiger partial charge in [-0.25, -0.2) is 22.4 Å². The van der Waals surface area contributed by atoms with Crippen LogP contribution in [0.3, 0.4) is 0 Å². The standard InChI is InChI=1S/C30H31F7N4O3/c1-17-16-41(10-9-39(17)2)26-13-24(32)22(18-5-7-40(8-6-18)28(43)44-20-14-29(33,34)15-20)12-25(26)38-27(42)21-4-3-19(31)11-23(21)30(35,36)37/h3-5,11-13,17,20H,6-10,14-16H2,1-2H3,(H,38,42)/t17-/m1/s1. The fourth-order valence-corrected chi connectivity index (χ4v) is 5.56. The van der Waals surface area contributed by atoms with Crippen molar-refractivity contribution in [3.63, 3.8) is 0 Å². The van der Waals surface area contributed by atoms with Gasteiger partial charge in [0.25, 0.3) is 11.8 Å². The van der Waals surface area contributed by atoms with Gasteiger partial charge in [-0.15, -0.1) is 0 Å². The number of hydrogen-bond donors (Lipinski definition) is 1. The number of amides is 2. The molecule has 0 spiro atoms. The van der Waals surface area contributed by atoms with Crippen LogP contribution in [0.5, 0.6) is 0 Å². The number of likely N-dealkylation sites (N-methyl/N-ethyl adjacent to an activating group) is 1. The molecule has 2 aromatic rings. The number of anilines is 2. The van der Waals surface area contributed by atoms with Crippen LogP contribution in [0.4, 0.5) is 46.9 Å². The molecule has 2 aliphatic heterocycles. The van der Waals surface area contributed by atoms with E-state index in [1.165, 1.54) is 17.0 Å². The van der Waals surface area contributed by atoms with E-state index in [2.05, 4.69) is 10.2 Å². The summed E-state index contributed by atoms with van der Waals surface area (Å²) in [5.41, 5.74) is -1.35. The molecule has 0 radical (unpaired) electrons. The zero-order valence-corrected chi connectivity index (χ0v) is 24.0. The Morgan fingerprint density at radius 2 is 1.77 bits per heavy atom. The van der Waals surface area contributed by atoms with Crippen LogP contribution in [-0.4, -0.2) is 79.6 Å². The zero-order valence-electron chi connectivity index (χ0n) is 24.0. The van der Waals surface area contributed by atoms with Crippen LogP contribution in [0.1, 0.15) is 47.7 Å². The lowest BCUT2D eigenvalue weighted by molar-refractivity contribution is -0.147. The summed E-state index contributed by atoms with van der Waals surface area (Å²) in [4.78, 5) is 30.9. The molecule has 238 valence electrons. The zero-order chi connectivity index (χ0) is 32.0. The minimum atomic E-state index is -5.00. The molecule has 1 N–H and O–H groups in total. The number of carbonyl (C=O) groups is 2. The average molecular weight is 629 g/mol. The van der Waals surface area contributed by atoms with Crippen LogP contribution in [0.25, 0.3) is 5.57 Å². The molecule has 2 heterocycles. The van der Waals surface area contributed by atoms with Crippen molar-refractivity contribution in [3.05, 3.63) is 64.7 Å². The van der Waals surface area contributed by atoms with Crippen molar-refractivity contribution in [1.82, 2.24) is 9.80 Å². The molecule has 44 heavy (non-hydrogen) atoms. The molecule has 5 rings (SSSR count). The van der Waals surface area contributed by atoms with Gasteiger partial charge in [0.1, 0.15) is 17.7 Å². The van der Waals surface area contributed by atoms with Gasteiger partial charge in [-0.05, 0) is 56.3 Å². The highest BCUT2D eigenvalue weighted by atomic mass is 19.4. The monoisotopic (exact) mass is 628 g/mol. The van der Waals surface area contributed by atoms with Gasteiger partial charge in [0, 0.05) is 57.2 Å². The van der Waals surface area contributed by atoms with Gasteiger partial charge < -0.3 is 24.8 Å². The molecule has 1 saturated heterocycles. The Labute approximate surface area is 249 Å². The maximum absolute atomic E-state index is 15.7. The Morgan fingerprint density at radius 1 is 1.05 bits per heavy atom. The number of benzene rings is 2. The smallest absolute Gasteiger partial charge is 0.417 e. The predicted molar refractivity (Wildman–Crippen MR) is 149 cm³/mol. The number of piperazine rings is 1. The summed E-state index contributed by atoms with van der Waals surface area (Å²) >= 11 is 0. The van der Waals surface area contributed by atoms with Crippen LogP contribution in [0.15, 0.2) is 36.4 Å². The lowest BCUT2D eigenvalue weighted by Crippen LogP contribution is -2.50. The topological polar surface area (TPSA) is 65.1 Å². The number of nitrogens with one attached hydrogen (secondary N) is 1. The minimum absolute atomic E-state index is 0.0145. The Hall–Kier alpha value is -3.81. The molecule has 2 aromatic carbocycles. The number of carbonyl (C=O) groups excluding carboxylic acids is 2. The Balaban J connectivity index is 1.42. The molecule has 1 saturated carbocycles.